The van der Waals surface area contributed by atoms with Gasteiger partial charge in [0.15, 0.2) is 5.11 Å². The van der Waals surface area contributed by atoms with E-state index >= 15 is 0 Å². The highest BCUT2D eigenvalue weighted by molar-refractivity contribution is 9.11. The third kappa shape index (κ3) is 5.89. The van der Waals surface area contributed by atoms with Crippen LogP contribution in [-0.4, -0.2) is 17.9 Å². The van der Waals surface area contributed by atoms with Crippen LogP contribution in [0, 0.1) is 0 Å². The van der Waals surface area contributed by atoms with Crippen molar-refractivity contribution in [2.75, 3.05) is 6.54 Å². The van der Waals surface area contributed by atoms with Crippen LogP contribution in [0.5, 0.6) is 5.75 Å². The van der Waals surface area contributed by atoms with Crippen LogP contribution in [0.25, 0.3) is 0 Å². The minimum absolute atomic E-state index is 0.495. The molecule has 0 aromatic heterocycles. The number of hydrogen-bond donors (Lipinski definition) is 2. The third-order valence-corrected chi connectivity index (χ3v) is 4.38. The van der Waals surface area contributed by atoms with E-state index in [4.69, 9.17) is 17.0 Å². The predicted molar refractivity (Wildman–Crippen MR) is 110 cm³/mol. The van der Waals surface area contributed by atoms with E-state index in [-0.39, 0.29) is 0 Å². The first-order valence-corrected chi connectivity index (χ1v) is 9.32. The number of rotatable bonds is 6. The van der Waals surface area contributed by atoms with Crippen molar-refractivity contribution >= 4 is 55.4 Å². The Morgan fingerprint density at radius 2 is 1.88 bits per heavy atom. The largest absolute Gasteiger partial charge is 0.487 e. The highest BCUT2D eigenvalue weighted by Gasteiger charge is 2.09. The Morgan fingerprint density at radius 3 is 2.50 bits per heavy atom. The molecule has 2 aromatic rings. The molecule has 24 heavy (non-hydrogen) atoms. The number of halogens is 2. The highest BCUT2D eigenvalue weighted by atomic mass is 79.9. The number of nitrogens with zero attached hydrogens (tertiary/aromatic N) is 1. The molecule has 0 heterocycles. The number of nitrogens with one attached hydrogen (secondary N) is 2. The molecule has 0 fully saturated rings. The molecule has 0 bridgehead atoms. The lowest BCUT2D eigenvalue weighted by Crippen LogP contribution is -2.31. The smallest absolute Gasteiger partial charge is 0.186 e. The maximum atomic E-state index is 5.90. The summed E-state index contributed by atoms with van der Waals surface area (Å²) in [6.45, 7) is 3.23. The lowest BCUT2D eigenvalue weighted by atomic mass is 10.2. The Hall–Kier alpha value is -1.44. The third-order valence-electron chi connectivity index (χ3n) is 2.96. The molecule has 4 nitrogen and oxygen atoms in total. The second kappa shape index (κ2) is 9.76. The zero-order chi connectivity index (χ0) is 17.4. The summed E-state index contributed by atoms with van der Waals surface area (Å²) in [6, 6.07) is 13.9. The van der Waals surface area contributed by atoms with E-state index in [1.54, 1.807) is 6.21 Å². The minimum Gasteiger partial charge on any atom is -0.487 e. The van der Waals surface area contributed by atoms with E-state index in [2.05, 4.69) is 47.7 Å². The summed E-state index contributed by atoms with van der Waals surface area (Å²) >= 11 is 12.1. The van der Waals surface area contributed by atoms with E-state index in [1.165, 1.54) is 0 Å². The Bertz CT molecular complexity index is 700. The summed E-state index contributed by atoms with van der Waals surface area (Å²) < 4.78 is 7.60. The zero-order valence-electron chi connectivity index (χ0n) is 13.1. The maximum Gasteiger partial charge on any atom is 0.186 e. The molecule has 0 unspecified atom stereocenters. The van der Waals surface area contributed by atoms with Crippen molar-refractivity contribution in [3.8, 4) is 5.75 Å². The van der Waals surface area contributed by atoms with Crippen LogP contribution in [0.3, 0.4) is 0 Å². The van der Waals surface area contributed by atoms with Crippen LogP contribution in [0.15, 0.2) is 56.5 Å². The summed E-state index contributed by atoms with van der Waals surface area (Å²) in [5, 5.41) is 7.56. The summed E-state index contributed by atoms with van der Waals surface area (Å²) in [4.78, 5) is 0. The standard InChI is InChI=1S/C17H17Br2N3OS/c1-2-20-17(24)22-21-10-13-8-14(18)16(15(19)9-13)23-11-12-6-4-3-5-7-12/h3-10H,2,11H2,1H3,(H2,20,22,24)/b21-10-. The first kappa shape index (κ1) is 18.9. The normalized spacial score (nSPS) is 10.6. The van der Waals surface area contributed by atoms with Crippen LogP contribution in [0.2, 0.25) is 0 Å². The van der Waals surface area contributed by atoms with Crippen molar-refractivity contribution in [1.29, 1.82) is 0 Å². The van der Waals surface area contributed by atoms with E-state index < -0.39 is 0 Å². The maximum absolute atomic E-state index is 5.90. The Labute approximate surface area is 163 Å². The first-order valence-electron chi connectivity index (χ1n) is 7.32. The van der Waals surface area contributed by atoms with Gasteiger partial charge in [0.1, 0.15) is 12.4 Å². The SMILES string of the molecule is CCNC(=S)N/N=C\c1cc(Br)c(OCc2ccccc2)c(Br)c1. The summed E-state index contributed by atoms with van der Waals surface area (Å²) in [7, 11) is 0. The second-order valence-corrected chi connectivity index (χ2v) is 6.93. The minimum atomic E-state index is 0.495. The van der Waals surface area contributed by atoms with Crippen molar-refractivity contribution in [1.82, 2.24) is 10.7 Å². The molecule has 0 aliphatic rings. The molecular weight excluding hydrogens is 454 g/mol. The van der Waals surface area contributed by atoms with Gasteiger partial charge in [-0.25, -0.2) is 0 Å². The molecule has 7 heteroatoms. The van der Waals surface area contributed by atoms with Gasteiger partial charge in [-0.3, -0.25) is 5.43 Å². The number of benzene rings is 2. The first-order chi connectivity index (χ1) is 11.6. The van der Waals surface area contributed by atoms with E-state index in [0.29, 0.717) is 11.7 Å². The van der Waals surface area contributed by atoms with Crippen molar-refractivity contribution in [2.45, 2.75) is 13.5 Å². The number of thiocarbonyl (C=S) groups is 1. The average molecular weight is 471 g/mol. The average Bonchev–Trinajstić information content (AvgIpc) is 2.55. The second-order valence-electron chi connectivity index (χ2n) is 4.82. The summed E-state index contributed by atoms with van der Waals surface area (Å²) in [6.07, 6.45) is 1.69. The molecule has 0 amide bonds. The van der Waals surface area contributed by atoms with Crippen LogP contribution in [0.1, 0.15) is 18.1 Å². The van der Waals surface area contributed by atoms with E-state index in [1.807, 2.05) is 49.4 Å². The Morgan fingerprint density at radius 1 is 1.21 bits per heavy atom. The van der Waals surface area contributed by atoms with Gasteiger partial charge in [0, 0.05) is 6.54 Å². The lowest BCUT2D eigenvalue weighted by molar-refractivity contribution is 0.302. The fraction of sp³-hybridized carbons (Fsp3) is 0.176. The van der Waals surface area contributed by atoms with Crippen LogP contribution < -0.4 is 15.5 Å². The molecule has 126 valence electrons. The van der Waals surface area contributed by atoms with Gasteiger partial charge in [0.25, 0.3) is 0 Å². The predicted octanol–water partition coefficient (Wildman–Crippen LogP) is 4.61. The highest BCUT2D eigenvalue weighted by Crippen LogP contribution is 2.35. The fourth-order valence-corrected chi connectivity index (χ4v) is 3.54. The molecule has 0 aliphatic carbocycles. The molecular formula is C17H17Br2N3OS. The number of hydrazone groups is 1. The van der Waals surface area contributed by atoms with Crippen LogP contribution in [0.4, 0.5) is 0 Å². The molecule has 2 N–H and O–H groups in total. The van der Waals surface area contributed by atoms with Crippen molar-refractivity contribution in [3.05, 3.63) is 62.5 Å². The molecule has 0 saturated carbocycles. The van der Waals surface area contributed by atoms with Crippen LogP contribution in [-0.2, 0) is 6.61 Å². The van der Waals surface area contributed by atoms with Gasteiger partial charge in [-0.2, -0.15) is 5.10 Å². The van der Waals surface area contributed by atoms with Crippen molar-refractivity contribution in [3.63, 3.8) is 0 Å². The summed E-state index contributed by atoms with van der Waals surface area (Å²) in [5.41, 5.74) is 4.78. The van der Waals surface area contributed by atoms with Gasteiger partial charge in [-0.15, -0.1) is 0 Å². The summed E-state index contributed by atoms with van der Waals surface area (Å²) in [5.74, 6) is 0.757. The molecule has 0 atom stereocenters. The molecule has 2 rings (SSSR count). The van der Waals surface area contributed by atoms with E-state index in [0.717, 1.165) is 32.4 Å². The molecule has 0 spiro atoms. The Kier molecular flexibility index (Phi) is 7.68. The van der Waals surface area contributed by atoms with E-state index in [9.17, 15) is 0 Å². The zero-order valence-corrected chi connectivity index (χ0v) is 17.0. The molecule has 0 saturated heterocycles. The topological polar surface area (TPSA) is 45.7 Å². The Balaban J connectivity index is 2.02. The van der Waals surface area contributed by atoms with Crippen molar-refractivity contribution < 1.29 is 4.74 Å². The quantitative estimate of drug-likeness (QED) is 0.367. The molecule has 0 radical (unpaired) electrons. The van der Waals surface area contributed by atoms with Gasteiger partial charge in [0.05, 0.1) is 15.2 Å². The van der Waals surface area contributed by atoms with Gasteiger partial charge in [-0.1, -0.05) is 30.3 Å². The molecule has 0 aliphatic heterocycles. The van der Waals surface area contributed by atoms with Crippen LogP contribution >= 0.6 is 44.1 Å². The van der Waals surface area contributed by atoms with Gasteiger partial charge in [0.2, 0.25) is 0 Å². The number of ether oxygens (including phenoxy) is 1. The number of hydrogen-bond acceptors (Lipinski definition) is 3. The van der Waals surface area contributed by atoms with Gasteiger partial charge >= 0.3 is 0 Å². The lowest BCUT2D eigenvalue weighted by Gasteiger charge is -2.11. The van der Waals surface area contributed by atoms with Gasteiger partial charge < -0.3 is 10.1 Å². The molecule has 2 aromatic carbocycles. The fourth-order valence-electron chi connectivity index (χ4n) is 1.89. The van der Waals surface area contributed by atoms with Gasteiger partial charge in [-0.05, 0) is 74.3 Å². The monoisotopic (exact) mass is 469 g/mol. The van der Waals surface area contributed by atoms with Crippen molar-refractivity contribution in [2.24, 2.45) is 5.10 Å².